The first-order chi connectivity index (χ1) is 8.13. The van der Waals surface area contributed by atoms with Gasteiger partial charge in [0, 0.05) is 0 Å². The number of benzene rings is 1. The second-order valence-electron chi connectivity index (χ2n) is 3.35. The minimum Gasteiger partial charge on any atom is -0.324 e. The van der Waals surface area contributed by atoms with Crippen LogP contribution in [0.25, 0.3) is 0 Å². The van der Waals surface area contributed by atoms with Crippen LogP contribution < -0.4 is 5.32 Å². The summed E-state index contributed by atoms with van der Waals surface area (Å²) in [6.45, 7) is 1.70. The van der Waals surface area contributed by atoms with Gasteiger partial charge in [0.1, 0.15) is 23.4 Å². The molecular formula is C12H10FN3O. The van der Waals surface area contributed by atoms with E-state index in [9.17, 15) is 9.18 Å². The summed E-state index contributed by atoms with van der Waals surface area (Å²) in [6, 6.07) is 7.45. The van der Waals surface area contributed by atoms with E-state index >= 15 is 0 Å². The number of nitrogens with zero attached hydrogens (tertiary/aromatic N) is 2. The first-order valence-corrected chi connectivity index (χ1v) is 5.03. The van der Waals surface area contributed by atoms with Gasteiger partial charge in [0.2, 0.25) is 5.91 Å². The van der Waals surface area contributed by atoms with Crippen molar-refractivity contribution in [1.82, 2.24) is 0 Å². The predicted molar refractivity (Wildman–Crippen MR) is 59.1 cm³/mol. The number of amides is 1. The van der Waals surface area contributed by atoms with Crippen LogP contribution in [0, 0.1) is 34.4 Å². The van der Waals surface area contributed by atoms with Gasteiger partial charge in [0.15, 0.2) is 0 Å². The van der Waals surface area contributed by atoms with Crippen LogP contribution in [-0.2, 0) is 4.79 Å². The average Bonchev–Trinajstić information content (AvgIpc) is 2.31. The number of carbonyl (C=O) groups excluding carboxylic acids is 1. The van der Waals surface area contributed by atoms with Crippen molar-refractivity contribution in [3.63, 3.8) is 0 Å². The summed E-state index contributed by atoms with van der Waals surface area (Å²) in [7, 11) is 0. The molecule has 0 aliphatic heterocycles. The van der Waals surface area contributed by atoms with Gasteiger partial charge in [-0.05, 0) is 18.6 Å². The van der Waals surface area contributed by atoms with E-state index < -0.39 is 17.6 Å². The summed E-state index contributed by atoms with van der Waals surface area (Å²) in [5.41, 5.74) is -0.139. The second-order valence-corrected chi connectivity index (χ2v) is 3.35. The lowest BCUT2D eigenvalue weighted by atomic mass is 10.1. The second kappa shape index (κ2) is 5.62. The number of carbonyl (C=O) groups is 1. The predicted octanol–water partition coefficient (Wildman–Crippen LogP) is 2.19. The van der Waals surface area contributed by atoms with Crippen LogP contribution in [0.5, 0.6) is 0 Å². The van der Waals surface area contributed by atoms with Crippen molar-refractivity contribution in [1.29, 1.82) is 10.5 Å². The Morgan fingerprint density at radius 2 is 2.24 bits per heavy atom. The number of nitriles is 2. The highest BCUT2D eigenvalue weighted by molar-refractivity contribution is 5.95. The molecule has 17 heavy (non-hydrogen) atoms. The van der Waals surface area contributed by atoms with E-state index in [1.165, 1.54) is 12.1 Å². The van der Waals surface area contributed by atoms with Crippen LogP contribution in [0.15, 0.2) is 18.2 Å². The molecule has 1 aromatic carbocycles. The molecule has 1 N–H and O–H groups in total. The largest absolute Gasteiger partial charge is 0.324 e. The topological polar surface area (TPSA) is 76.7 Å². The third kappa shape index (κ3) is 2.79. The monoisotopic (exact) mass is 231 g/mol. The molecule has 0 radical (unpaired) electrons. The summed E-state index contributed by atoms with van der Waals surface area (Å²) >= 11 is 0. The highest BCUT2D eigenvalue weighted by atomic mass is 19.1. The Kier molecular flexibility index (Phi) is 4.19. The molecule has 0 spiro atoms. The van der Waals surface area contributed by atoms with Gasteiger partial charge in [0.25, 0.3) is 0 Å². The molecule has 1 unspecified atom stereocenters. The van der Waals surface area contributed by atoms with Crippen LogP contribution in [0.2, 0.25) is 0 Å². The Hall–Kier alpha value is -2.40. The summed E-state index contributed by atoms with van der Waals surface area (Å²) in [5, 5.41) is 19.8. The van der Waals surface area contributed by atoms with Crippen molar-refractivity contribution >= 4 is 11.6 Å². The molecule has 1 amide bonds. The number of hydrogen-bond donors (Lipinski definition) is 1. The zero-order valence-electron chi connectivity index (χ0n) is 9.20. The molecule has 1 atom stereocenters. The summed E-state index contributed by atoms with van der Waals surface area (Å²) in [6.07, 6.45) is 0.361. The maximum absolute atomic E-state index is 13.2. The third-order valence-corrected chi connectivity index (χ3v) is 2.26. The number of hydrogen-bond acceptors (Lipinski definition) is 3. The summed E-state index contributed by atoms with van der Waals surface area (Å²) in [5.74, 6) is -2.03. The van der Waals surface area contributed by atoms with Gasteiger partial charge in [-0.25, -0.2) is 4.39 Å². The van der Waals surface area contributed by atoms with Crippen LogP contribution in [-0.4, -0.2) is 5.91 Å². The molecule has 5 heteroatoms. The van der Waals surface area contributed by atoms with Crippen molar-refractivity contribution in [2.24, 2.45) is 5.92 Å². The summed E-state index contributed by atoms with van der Waals surface area (Å²) < 4.78 is 13.2. The lowest BCUT2D eigenvalue weighted by Crippen LogP contribution is -2.21. The van der Waals surface area contributed by atoms with Gasteiger partial charge in [-0.1, -0.05) is 13.0 Å². The zero-order chi connectivity index (χ0) is 12.8. The molecule has 4 nitrogen and oxygen atoms in total. The fourth-order valence-electron chi connectivity index (χ4n) is 1.30. The molecule has 1 aromatic rings. The van der Waals surface area contributed by atoms with Crippen LogP contribution in [0.1, 0.15) is 18.9 Å². The molecule has 0 bridgehead atoms. The number of rotatable bonds is 3. The molecule has 0 aromatic heterocycles. The van der Waals surface area contributed by atoms with Gasteiger partial charge in [-0.3, -0.25) is 4.79 Å². The van der Waals surface area contributed by atoms with Crippen molar-refractivity contribution in [3.05, 3.63) is 29.6 Å². The highest BCUT2D eigenvalue weighted by Gasteiger charge is 2.17. The maximum Gasteiger partial charge on any atom is 0.241 e. The normalized spacial score (nSPS) is 11.1. The third-order valence-electron chi connectivity index (χ3n) is 2.26. The highest BCUT2D eigenvalue weighted by Crippen LogP contribution is 2.18. The lowest BCUT2D eigenvalue weighted by Gasteiger charge is -2.09. The molecule has 0 fully saturated rings. The van der Waals surface area contributed by atoms with E-state index in [1.807, 2.05) is 6.07 Å². The van der Waals surface area contributed by atoms with E-state index in [0.717, 1.165) is 6.07 Å². The molecular weight excluding hydrogens is 221 g/mol. The molecule has 86 valence electrons. The van der Waals surface area contributed by atoms with Gasteiger partial charge in [0.05, 0.1) is 11.8 Å². The molecule has 0 aliphatic rings. The van der Waals surface area contributed by atoms with Crippen molar-refractivity contribution < 1.29 is 9.18 Å². The molecule has 1 rings (SSSR count). The van der Waals surface area contributed by atoms with Gasteiger partial charge in [-0.2, -0.15) is 10.5 Å². The Balaban J connectivity index is 2.98. The first kappa shape index (κ1) is 12.7. The molecule has 0 saturated carbocycles. The standard InChI is InChI=1S/C12H10FN3O/c1-2-8(6-14)12(17)16-11-5-3-4-10(13)9(11)7-15/h3-5,8H,2H2,1H3,(H,16,17). The number of nitrogens with one attached hydrogen (secondary N) is 1. The van der Waals surface area contributed by atoms with Gasteiger partial charge < -0.3 is 5.32 Å². The lowest BCUT2D eigenvalue weighted by molar-refractivity contribution is -0.118. The zero-order valence-corrected chi connectivity index (χ0v) is 9.20. The smallest absolute Gasteiger partial charge is 0.241 e. The van der Waals surface area contributed by atoms with Crippen molar-refractivity contribution in [2.45, 2.75) is 13.3 Å². The average molecular weight is 231 g/mol. The molecule has 0 heterocycles. The van der Waals surface area contributed by atoms with E-state index in [2.05, 4.69) is 5.32 Å². The van der Waals surface area contributed by atoms with Crippen LogP contribution in [0.3, 0.4) is 0 Å². The Bertz CT molecular complexity index is 513. The van der Waals surface area contributed by atoms with Gasteiger partial charge in [-0.15, -0.1) is 0 Å². The number of halogens is 1. The van der Waals surface area contributed by atoms with Crippen molar-refractivity contribution in [3.8, 4) is 12.1 Å². The van der Waals surface area contributed by atoms with E-state index in [4.69, 9.17) is 10.5 Å². The van der Waals surface area contributed by atoms with E-state index in [0.29, 0.717) is 6.42 Å². The Morgan fingerprint density at radius 1 is 1.53 bits per heavy atom. The summed E-state index contributed by atoms with van der Waals surface area (Å²) in [4.78, 5) is 11.6. The van der Waals surface area contributed by atoms with Crippen LogP contribution >= 0.6 is 0 Å². The Morgan fingerprint density at radius 3 is 2.76 bits per heavy atom. The van der Waals surface area contributed by atoms with Crippen molar-refractivity contribution in [2.75, 3.05) is 5.32 Å². The minimum absolute atomic E-state index is 0.0891. The minimum atomic E-state index is -0.801. The Labute approximate surface area is 98.3 Å². The fraction of sp³-hybridized carbons (Fsp3) is 0.250. The fourth-order valence-corrected chi connectivity index (χ4v) is 1.30. The first-order valence-electron chi connectivity index (χ1n) is 5.03. The molecule has 0 saturated heterocycles. The SMILES string of the molecule is CCC(C#N)C(=O)Nc1cccc(F)c1C#N. The van der Waals surface area contributed by atoms with E-state index in [-0.39, 0.29) is 11.3 Å². The van der Waals surface area contributed by atoms with E-state index in [1.54, 1.807) is 13.0 Å². The molecule has 0 aliphatic carbocycles. The number of anilines is 1. The van der Waals surface area contributed by atoms with Gasteiger partial charge >= 0.3 is 0 Å². The maximum atomic E-state index is 13.2. The van der Waals surface area contributed by atoms with Crippen LogP contribution in [0.4, 0.5) is 10.1 Å². The quantitative estimate of drug-likeness (QED) is 0.866.